The molecule has 0 atom stereocenters. The molecule has 0 saturated heterocycles. The van der Waals surface area contributed by atoms with Crippen molar-refractivity contribution in [1.82, 2.24) is 8.75 Å². The van der Waals surface area contributed by atoms with Gasteiger partial charge >= 0.3 is 0 Å². The van der Waals surface area contributed by atoms with E-state index in [0.717, 1.165) is 15.0 Å². The molecule has 1 aromatic carbocycles. The average molecular weight is 288 g/mol. The van der Waals surface area contributed by atoms with Crippen LogP contribution in [0.3, 0.4) is 0 Å². The second kappa shape index (κ2) is 3.49. The highest BCUT2D eigenvalue weighted by Gasteiger charge is 2.05. The Morgan fingerprint density at radius 1 is 1.08 bits per heavy atom. The Kier molecular flexibility index (Phi) is 2.36. The lowest BCUT2D eigenvalue weighted by Crippen LogP contribution is -1.78. The van der Waals surface area contributed by atoms with Gasteiger partial charge in [-0.3, -0.25) is 0 Å². The molecule has 0 aliphatic heterocycles. The summed E-state index contributed by atoms with van der Waals surface area (Å²) in [6, 6.07) is 10.1. The molecule has 0 fully saturated rings. The molecule has 1 aromatic heterocycles. The van der Waals surface area contributed by atoms with Crippen LogP contribution in [0.2, 0.25) is 0 Å². The lowest BCUT2D eigenvalue weighted by Gasteiger charge is -1.93. The number of hydrogen-bond donors (Lipinski definition) is 0. The van der Waals surface area contributed by atoms with E-state index in [2.05, 4.69) is 31.3 Å². The van der Waals surface area contributed by atoms with Gasteiger partial charge in [-0.15, -0.1) is 0 Å². The maximum absolute atomic E-state index is 4.21. The summed E-state index contributed by atoms with van der Waals surface area (Å²) >= 11 is 3.45. The first-order chi connectivity index (χ1) is 5.88. The summed E-state index contributed by atoms with van der Waals surface area (Å²) in [5, 5.41) is 0. The third-order valence-electron chi connectivity index (χ3n) is 1.50. The van der Waals surface area contributed by atoms with Crippen LogP contribution in [0.25, 0.3) is 11.3 Å². The molecule has 0 amide bonds. The monoisotopic (exact) mass is 288 g/mol. The van der Waals surface area contributed by atoms with Crippen molar-refractivity contribution in [3.05, 3.63) is 34.0 Å². The molecule has 0 aliphatic carbocycles. The number of halogens is 1. The van der Waals surface area contributed by atoms with Gasteiger partial charge in [-0.1, -0.05) is 30.3 Å². The number of benzene rings is 1. The van der Waals surface area contributed by atoms with Crippen LogP contribution in [0.5, 0.6) is 0 Å². The molecule has 1 heterocycles. The summed E-state index contributed by atoms with van der Waals surface area (Å²) in [7, 11) is 0. The van der Waals surface area contributed by atoms with Crippen molar-refractivity contribution in [1.29, 1.82) is 0 Å². The fourth-order valence-corrected chi connectivity index (χ4v) is 2.28. The van der Waals surface area contributed by atoms with E-state index in [0.29, 0.717) is 0 Å². The molecule has 0 radical (unpaired) electrons. The summed E-state index contributed by atoms with van der Waals surface area (Å²) in [5.74, 6) is 0. The molecule has 12 heavy (non-hydrogen) atoms. The molecule has 0 bridgehead atoms. The van der Waals surface area contributed by atoms with Gasteiger partial charge < -0.3 is 0 Å². The standard InChI is InChI=1S/C8H5IN2S/c9-8-7(10-12-11-8)6-4-2-1-3-5-6/h1-5H. The molecule has 0 unspecified atom stereocenters. The van der Waals surface area contributed by atoms with Gasteiger partial charge in [-0.05, 0) is 22.6 Å². The van der Waals surface area contributed by atoms with Gasteiger partial charge in [-0.2, -0.15) is 8.75 Å². The first-order valence-corrected chi connectivity index (χ1v) is 5.22. The minimum absolute atomic E-state index is 0.976. The van der Waals surface area contributed by atoms with Gasteiger partial charge in [0.2, 0.25) is 0 Å². The molecule has 0 aliphatic rings. The Hall–Kier alpha value is -0.490. The van der Waals surface area contributed by atoms with E-state index in [4.69, 9.17) is 0 Å². The van der Waals surface area contributed by atoms with Gasteiger partial charge in [-0.25, -0.2) is 0 Å². The first kappa shape index (κ1) is 8.12. The summed E-state index contributed by atoms with van der Waals surface area (Å²) in [6.07, 6.45) is 0. The molecule has 4 heteroatoms. The maximum atomic E-state index is 4.21. The van der Waals surface area contributed by atoms with Crippen LogP contribution in [0.1, 0.15) is 0 Å². The van der Waals surface area contributed by atoms with E-state index < -0.39 is 0 Å². The van der Waals surface area contributed by atoms with Gasteiger partial charge in [0.25, 0.3) is 0 Å². The van der Waals surface area contributed by atoms with E-state index in [-0.39, 0.29) is 0 Å². The Morgan fingerprint density at radius 3 is 2.42 bits per heavy atom. The lowest BCUT2D eigenvalue weighted by atomic mass is 10.2. The second-order valence-corrected chi connectivity index (χ2v) is 3.82. The van der Waals surface area contributed by atoms with Gasteiger partial charge in [0.05, 0.1) is 11.7 Å². The van der Waals surface area contributed by atoms with Crippen molar-refractivity contribution in [2.75, 3.05) is 0 Å². The minimum atomic E-state index is 0.976. The van der Waals surface area contributed by atoms with Crippen LogP contribution in [0.4, 0.5) is 0 Å². The fourth-order valence-electron chi connectivity index (χ4n) is 0.946. The third-order valence-corrected chi connectivity index (χ3v) is 3.10. The average Bonchev–Trinajstić information content (AvgIpc) is 2.53. The molecule has 2 aromatic rings. The van der Waals surface area contributed by atoms with Crippen molar-refractivity contribution in [2.45, 2.75) is 0 Å². The molecule has 0 spiro atoms. The molecular formula is C8H5IN2S. The summed E-state index contributed by atoms with van der Waals surface area (Å²) in [4.78, 5) is 0. The Morgan fingerprint density at radius 2 is 1.83 bits per heavy atom. The van der Waals surface area contributed by atoms with Crippen LogP contribution in [-0.4, -0.2) is 8.75 Å². The predicted molar refractivity (Wildman–Crippen MR) is 58.1 cm³/mol. The predicted octanol–water partition coefficient (Wildman–Crippen LogP) is 2.81. The zero-order valence-electron chi connectivity index (χ0n) is 6.07. The van der Waals surface area contributed by atoms with Crippen molar-refractivity contribution in [2.24, 2.45) is 0 Å². The van der Waals surface area contributed by atoms with Crippen LogP contribution in [-0.2, 0) is 0 Å². The Balaban J connectivity index is 2.51. The van der Waals surface area contributed by atoms with Crippen LogP contribution >= 0.6 is 34.3 Å². The van der Waals surface area contributed by atoms with Crippen molar-refractivity contribution >= 4 is 34.3 Å². The Labute approximate surface area is 88.1 Å². The summed E-state index contributed by atoms with van der Waals surface area (Å²) in [6.45, 7) is 0. The number of rotatable bonds is 1. The van der Waals surface area contributed by atoms with E-state index >= 15 is 0 Å². The van der Waals surface area contributed by atoms with Crippen molar-refractivity contribution < 1.29 is 0 Å². The second-order valence-electron chi connectivity index (χ2n) is 2.27. The highest BCUT2D eigenvalue weighted by atomic mass is 127. The number of hydrogen-bond acceptors (Lipinski definition) is 3. The highest BCUT2D eigenvalue weighted by molar-refractivity contribution is 14.1. The summed E-state index contributed by atoms with van der Waals surface area (Å²) in [5.41, 5.74) is 2.12. The molecule has 0 N–H and O–H groups in total. The van der Waals surface area contributed by atoms with E-state index in [1.54, 1.807) is 0 Å². The largest absolute Gasteiger partial charge is 0.172 e. The smallest absolute Gasteiger partial charge is 0.143 e. The molecule has 2 nitrogen and oxygen atoms in total. The van der Waals surface area contributed by atoms with Gasteiger partial charge in [0.15, 0.2) is 0 Å². The lowest BCUT2D eigenvalue weighted by molar-refractivity contribution is 1.44. The molecule has 0 saturated carbocycles. The highest BCUT2D eigenvalue weighted by Crippen LogP contribution is 2.22. The Bertz CT molecular complexity index is 372. The zero-order chi connectivity index (χ0) is 8.39. The van der Waals surface area contributed by atoms with Crippen molar-refractivity contribution in [3.63, 3.8) is 0 Å². The molecule has 2 rings (SSSR count). The van der Waals surface area contributed by atoms with E-state index in [1.165, 1.54) is 11.7 Å². The van der Waals surface area contributed by atoms with Crippen LogP contribution < -0.4 is 0 Å². The minimum Gasteiger partial charge on any atom is -0.172 e. The maximum Gasteiger partial charge on any atom is 0.143 e. The third kappa shape index (κ3) is 1.49. The summed E-state index contributed by atoms with van der Waals surface area (Å²) < 4.78 is 9.30. The van der Waals surface area contributed by atoms with Crippen LogP contribution in [0, 0.1) is 3.70 Å². The topological polar surface area (TPSA) is 25.8 Å². The molecular weight excluding hydrogens is 283 g/mol. The zero-order valence-corrected chi connectivity index (χ0v) is 9.04. The molecule has 60 valence electrons. The SMILES string of the molecule is Ic1nsnc1-c1ccccc1. The van der Waals surface area contributed by atoms with E-state index in [9.17, 15) is 0 Å². The normalized spacial score (nSPS) is 10.1. The fraction of sp³-hybridized carbons (Fsp3) is 0. The number of aromatic nitrogens is 2. The van der Waals surface area contributed by atoms with Gasteiger partial charge in [0.1, 0.15) is 9.39 Å². The first-order valence-electron chi connectivity index (χ1n) is 3.41. The van der Waals surface area contributed by atoms with Crippen molar-refractivity contribution in [3.8, 4) is 11.3 Å². The number of nitrogens with zero attached hydrogens (tertiary/aromatic N) is 2. The van der Waals surface area contributed by atoms with Gasteiger partial charge in [0, 0.05) is 5.56 Å². The quantitative estimate of drug-likeness (QED) is 0.754. The van der Waals surface area contributed by atoms with Crippen LogP contribution in [0.15, 0.2) is 30.3 Å². The van der Waals surface area contributed by atoms with E-state index in [1.807, 2.05) is 30.3 Å².